The number of carboxylic acids is 1. The van der Waals surface area contributed by atoms with Crippen LogP contribution in [0.5, 0.6) is 5.75 Å². The molecule has 0 saturated heterocycles. The number of carboxylic acid groups (broad SMARTS) is 1. The molecule has 1 aromatic carbocycles. The second-order valence-corrected chi connectivity index (χ2v) is 5.14. The molecule has 5 heteroatoms. The minimum Gasteiger partial charge on any atom is -0.485 e. The van der Waals surface area contributed by atoms with Crippen LogP contribution in [0, 0.1) is 13.8 Å². The van der Waals surface area contributed by atoms with E-state index in [1.807, 2.05) is 25.1 Å². The van der Waals surface area contributed by atoms with E-state index >= 15 is 0 Å². The second-order valence-electron chi connectivity index (χ2n) is 4.23. The van der Waals surface area contributed by atoms with Crippen molar-refractivity contribution in [3.8, 4) is 5.75 Å². The van der Waals surface area contributed by atoms with Crippen LogP contribution in [0.2, 0.25) is 0 Å². The fraction of sp³-hybridized carbons (Fsp3) is 0.214. The first-order valence-corrected chi connectivity index (χ1v) is 6.48. The standard InChI is InChI=1S/C14H13BrO4/c1-8-3-4-10(15)6-12(8)18-7-11-5-9(2)13(19-11)14(16)17/h3-6H,7H2,1-2H3,(H,16,17). The molecule has 0 aliphatic heterocycles. The van der Waals surface area contributed by atoms with E-state index in [9.17, 15) is 4.79 Å². The van der Waals surface area contributed by atoms with E-state index in [4.69, 9.17) is 14.3 Å². The zero-order chi connectivity index (χ0) is 14.0. The van der Waals surface area contributed by atoms with Gasteiger partial charge in [-0.15, -0.1) is 0 Å². The van der Waals surface area contributed by atoms with E-state index in [2.05, 4.69) is 15.9 Å². The molecule has 0 atom stereocenters. The van der Waals surface area contributed by atoms with Gasteiger partial charge in [0.1, 0.15) is 18.1 Å². The van der Waals surface area contributed by atoms with Gasteiger partial charge >= 0.3 is 5.97 Å². The molecular formula is C14H13BrO4. The summed E-state index contributed by atoms with van der Waals surface area (Å²) in [6, 6.07) is 7.41. The predicted octanol–water partition coefficient (Wildman–Crippen LogP) is 3.94. The molecule has 2 aromatic rings. The molecule has 0 bridgehead atoms. The molecule has 2 rings (SSSR count). The summed E-state index contributed by atoms with van der Waals surface area (Å²) >= 11 is 3.38. The van der Waals surface area contributed by atoms with Crippen LogP contribution in [0.4, 0.5) is 0 Å². The Labute approximate surface area is 119 Å². The molecule has 0 aliphatic rings. The lowest BCUT2D eigenvalue weighted by Crippen LogP contribution is -1.97. The number of aromatic carboxylic acids is 1. The Morgan fingerprint density at radius 1 is 1.32 bits per heavy atom. The summed E-state index contributed by atoms with van der Waals surface area (Å²) in [7, 11) is 0. The number of hydrogen-bond acceptors (Lipinski definition) is 3. The summed E-state index contributed by atoms with van der Waals surface area (Å²) in [6.07, 6.45) is 0. The number of furan rings is 1. The Morgan fingerprint density at radius 2 is 2.05 bits per heavy atom. The average Bonchev–Trinajstić information content (AvgIpc) is 2.72. The van der Waals surface area contributed by atoms with Crippen molar-refractivity contribution in [3.63, 3.8) is 0 Å². The Kier molecular flexibility index (Phi) is 3.95. The minimum atomic E-state index is -1.07. The van der Waals surface area contributed by atoms with Gasteiger partial charge in [-0.2, -0.15) is 0 Å². The number of rotatable bonds is 4. The van der Waals surface area contributed by atoms with E-state index in [-0.39, 0.29) is 12.4 Å². The van der Waals surface area contributed by atoms with Gasteiger partial charge in [0, 0.05) is 10.0 Å². The molecule has 1 N–H and O–H groups in total. The van der Waals surface area contributed by atoms with Crippen LogP contribution in [-0.4, -0.2) is 11.1 Å². The fourth-order valence-electron chi connectivity index (χ4n) is 1.71. The lowest BCUT2D eigenvalue weighted by atomic mass is 10.2. The summed E-state index contributed by atoms with van der Waals surface area (Å²) in [5.74, 6) is 0.126. The molecule has 0 radical (unpaired) electrons. The first-order valence-electron chi connectivity index (χ1n) is 5.69. The topological polar surface area (TPSA) is 59.7 Å². The maximum atomic E-state index is 10.9. The molecule has 4 nitrogen and oxygen atoms in total. The third-order valence-electron chi connectivity index (χ3n) is 2.68. The van der Waals surface area contributed by atoms with Crippen molar-refractivity contribution in [1.29, 1.82) is 0 Å². The molecule has 0 amide bonds. The van der Waals surface area contributed by atoms with Crippen molar-refractivity contribution in [1.82, 2.24) is 0 Å². The Bertz CT molecular complexity index is 616. The molecule has 100 valence electrons. The maximum Gasteiger partial charge on any atom is 0.372 e. The lowest BCUT2D eigenvalue weighted by molar-refractivity contribution is 0.0657. The van der Waals surface area contributed by atoms with Crippen LogP contribution in [0.15, 0.2) is 33.2 Å². The van der Waals surface area contributed by atoms with Crippen LogP contribution in [0.3, 0.4) is 0 Å². The minimum absolute atomic E-state index is 0.0374. The van der Waals surface area contributed by atoms with Crippen LogP contribution in [0.25, 0.3) is 0 Å². The molecule has 1 aromatic heterocycles. The second kappa shape index (κ2) is 5.48. The normalized spacial score (nSPS) is 10.5. The number of benzene rings is 1. The zero-order valence-electron chi connectivity index (χ0n) is 10.6. The summed E-state index contributed by atoms with van der Waals surface area (Å²) in [4.78, 5) is 10.9. The molecule has 0 unspecified atom stereocenters. The number of halogens is 1. The third kappa shape index (κ3) is 3.17. The van der Waals surface area contributed by atoms with Gasteiger partial charge < -0.3 is 14.3 Å². The van der Waals surface area contributed by atoms with Crippen molar-refractivity contribution in [3.05, 3.63) is 51.4 Å². The van der Waals surface area contributed by atoms with Gasteiger partial charge in [-0.25, -0.2) is 4.79 Å². The van der Waals surface area contributed by atoms with Gasteiger partial charge in [0.15, 0.2) is 0 Å². The largest absolute Gasteiger partial charge is 0.485 e. The van der Waals surface area contributed by atoms with Gasteiger partial charge in [-0.1, -0.05) is 22.0 Å². The maximum absolute atomic E-state index is 10.9. The monoisotopic (exact) mass is 324 g/mol. The van der Waals surface area contributed by atoms with Gasteiger partial charge in [-0.3, -0.25) is 0 Å². The number of carbonyl (C=O) groups is 1. The molecule has 0 aliphatic carbocycles. The Hall–Kier alpha value is -1.75. The van der Waals surface area contributed by atoms with E-state index in [1.54, 1.807) is 13.0 Å². The van der Waals surface area contributed by atoms with E-state index < -0.39 is 5.97 Å². The zero-order valence-corrected chi connectivity index (χ0v) is 12.2. The highest BCUT2D eigenvalue weighted by molar-refractivity contribution is 9.10. The van der Waals surface area contributed by atoms with Crippen molar-refractivity contribution in [2.45, 2.75) is 20.5 Å². The molecule has 0 spiro atoms. The molecular weight excluding hydrogens is 312 g/mol. The van der Waals surface area contributed by atoms with Crippen molar-refractivity contribution < 1.29 is 19.1 Å². The summed E-state index contributed by atoms with van der Waals surface area (Å²) < 4.78 is 11.8. The highest BCUT2D eigenvalue weighted by Crippen LogP contribution is 2.24. The van der Waals surface area contributed by atoms with Gasteiger partial charge in [0.05, 0.1) is 0 Å². The fourth-order valence-corrected chi connectivity index (χ4v) is 2.05. The van der Waals surface area contributed by atoms with Crippen molar-refractivity contribution >= 4 is 21.9 Å². The van der Waals surface area contributed by atoms with Gasteiger partial charge in [0.25, 0.3) is 0 Å². The molecule has 0 fully saturated rings. The molecule has 19 heavy (non-hydrogen) atoms. The van der Waals surface area contributed by atoms with Crippen LogP contribution in [0.1, 0.15) is 27.4 Å². The number of hydrogen-bond donors (Lipinski definition) is 1. The predicted molar refractivity (Wildman–Crippen MR) is 73.6 cm³/mol. The van der Waals surface area contributed by atoms with Crippen LogP contribution >= 0.6 is 15.9 Å². The van der Waals surface area contributed by atoms with E-state index in [1.165, 1.54) is 0 Å². The summed E-state index contributed by atoms with van der Waals surface area (Å²) in [6.45, 7) is 3.84. The average molecular weight is 325 g/mol. The SMILES string of the molecule is Cc1ccc(Br)cc1OCc1cc(C)c(C(=O)O)o1. The summed E-state index contributed by atoms with van der Waals surface area (Å²) in [5, 5.41) is 8.90. The Balaban J connectivity index is 2.12. The van der Waals surface area contributed by atoms with Crippen molar-refractivity contribution in [2.24, 2.45) is 0 Å². The van der Waals surface area contributed by atoms with Crippen LogP contribution < -0.4 is 4.74 Å². The number of ether oxygens (including phenoxy) is 1. The molecule has 1 heterocycles. The van der Waals surface area contributed by atoms with E-state index in [0.29, 0.717) is 11.3 Å². The third-order valence-corrected chi connectivity index (χ3v) is 3.18. The first-order chi connectivity index (χ1) is 8.97. The van der Waals surface area contributed by atoms with Crippen molar-refractivity contribution in [2.75, 3.05) is 0 Å². The van der Waals surface area contributed by atoms with Gasteiger partial charge in [-0.05, 0) is 37.6 Å². The molecule has 0 saturated carbocycles. The number of aryl methyl sites for hydroxylation is 2. The smallest absolute Gasteiger partial charge is 0.372 e. The highest BCUT2D eigenvalue weighted by atomic mass is 79.9. The summed E-state index contributed by atoms with van der Waals surface area (Å²) in [5.41, 5.74) is 1.60. The van der Waals surface area contributed by atoms with E-state index in [0.717, 1.165) is 15.8 Å². The Morgan fingerprint density at radius 3 is 2.68 bits per heavy atom. The highest BCUT2D eigenvalue weighted by Gasteiger charge is 2.14. The lowest BCUT2D eigenvalue weighted by Gasteiger charge is -2.07. The quantitative estimate of drug-likeness (QED) is 0.925. The first kappa shape index (κ1) is 13.7. The van der Waals surface area contributed by atoms with Crippen LogP contribution in [-0.2, 0) is 6.61 Å². The van der Waals surface area contributed by atoms with Gasteiger partial charge in [0.2, 0.25) is 5.76 Å².